The standard InChI is InChI=1S/C22H20N4O10/c1-35-21(29)17-15(19(27)23-11-3-7-13(8-4-11)25(31)32)18(22(30)36-2)16(17)20(28)24-12-5-9-14(10-6-12)26(33)34/h3-10,15-18H,1-2H3,(H,23,27)(H,24,28). The topological polar surface area (TPSA) is 197 Å². The number of hydrogen-bond acceptors (Lipinski definition) is 10. The Labute approximate surface area is 202 Å². The number of nitrogens with one attached hydrogen (secondary N) is 2. The minimum Gasteiger partial charge on any atom is -0.469 e. The van der Waals surface area contributed by atoms with Crippen LogP contribution in [0, 0.1) is 43.9 Å². The van der Waals surface area contributed by atoms with Crippen molar-refractivity contribution in [3.63, 3.8) is 0 Å². The molecule has 14 heteroatoms. The van der Waals surface area contributed by atoms with Crippen molar-refractivity contribution in [3.8, 4) is 0 Å². The fraction of sp³-hybridized carbons (Fsp3) is 0.273. The molecule has 1 fully saturated rings. The lowest BCUT2D eigenvalue weighted by Gasteiger charge is -2.46. The van der Waals surface area contributed by atoms with Gasteiger partial charge in [0.2, 0.25) is 11.8 Å². The van der Waals surface area contributed by atoms with Crippen molar-refractivity contribution >= 4 is 46.5 Å². The molecule has 1 aliphatic carbocycles. The van der Waals surface area contributed by atoms with Crippen molar-refractivity contribution in [1.29, 1.82) is 0 Å². The van der Waals surface area contributed by atoms with Gasteiger partial charge in [0.15, 0.2) is 0 Å². The van der Waals surface area contributed by atoms with Gasteiger partial charge in [-0.15, -0.1) is 0 Å². The molecule has 0 bridgehead atoms. The Morgan fingerprint density at radius 2 is 0.944 bits per heavy atom. The van der Waals surface area contributed by atoms with Crippen LogP contribution in [0.2, 0.25) is 0 Å². The zero-order chi connectivity index (χ0) is 26.6. The molecule has 1 saturated carbocycles. The molecule has 2 aromatic carbocycles. The maximum absolute atomic E-state index is 13.0. The van der Waals surface area contributed by atoms with Crippen LogP contribution in [0.15, 0.2) is 48.5 Å². The molecule has 188 valence electrons. The molecule has 0 aliphatic heterocycles. The first-order valence-corrected chi connectivity index (χ1v) is 10.3. The average Bonchev–Trinajstić information content (AvgIpc) is 2.83. The van der Waals surface area contributed by atoms with Crippen molar-refractivity contribution < 1.29 is 38.5 Å². The van der Waals surface area contributed by atoms with E-state index in [-0.39, 0.29) is 22.7 Å². The van der Waals surface area contributed by atoms with Gasteiger partial charge < -0.3 is 20.1 Å². The van der Waals surface area contributed by atoms with Crippen LogP contribution in [0.4, 0.5) is 22.7 Å². The van der Waals surface area contributed by atoms with Crippen LogP contribution in [-0.2, 0) is 28.7 Å². The van der Waals surface area contributed by atoms with Crippen LogP contribution in [-0.4, -0.2) is 47.8 Å². The molecule has 2 aromatic rings. The van der Waals surface area contributed by atoms with Gasteiger partial charge in [-0.1, -0.05) is 0 Å². The summed E-state index contributed by atoms with van der Waals surface area (Å²) in [6, 6.07) is 9.72. The van der Waals surface area contributed by atoms with Crippen LogP contribution >= 0.6 is 0 Å². The molecule has 1 aliphatic rings. The number of anilines is 2. The quantitative estimate of drug-likeness (QED) is 0.307. The second kappa shape index (κ2) is 10.6. The van der Waals surface area contributed by atoms with Gasteiger partial charge in [-0.05, 0) is 24.3 Å². The molecule has 0 atom stereocenters. The van der Waals surface area contributed by atoms with E-state index in [2.05, 4.69) is 10.6 Å². The second-order valence-electron chi connectivity index (χ2n) is 7.74. The average molecular weight is 500 g/mol. The minimum absolute atomic E-state index is 0.164. The number of hydrogen-bond donors (Lipinski definition) is 2. The lowest BCUT2D eigenvalue weighted by molar-refractivity contribution is -0.385. The number of ether oxygens (including phenoxy) is 2. The van der Waals surface area contributed by atoms with Crippen LogP contribution in [0.1, 0.15) is 0 Å². The van der Waals surface area contributed by atoms with E-state index in [9.17, 15) is 39.4 Å². The molecule has 0 saturated heterocycles. The van der Waals surface area contributed by atoms with Gasteiger partial charge in [-0.3, -0.25) is 39.4 Å². The van der Waals surface area contributed by atoms with Crippen LogP contribution in [0.25, 0.3) is 0 Å². The summed E-state index contributed by atoms with van der Waals surface area (Å²) in [6.07, 6.45) is 0. The highest BCUT2D eigenvalue weighted by atomic mass is 16.6. The number of methoxy groups -OCH3 is 2. The fourth-order valence-corrected chi connectivity index (χ4v) is 4.04. The molecule has 14 nitrogen and oxygen atoms in total. The smallest absolute Gasteiger partial charge is 0.310 e. The molecule has 0 unspecified atom stereocenters. The van der Waals surface area contributed by atoms with Gasteiger partial charge in [0.05, 0.1) is 47.7 Å². The van der Waals surface area contributed by atoms with Crippen molar-refractivity contribution in [2.24, 2.45) is 23.7 Å². The number of amides is 2. The van der Waals surface area contributed by atoms with E-state index in [1.807, 2.05) is 0 Å². The Morgan fingerprint density at radius 1 is 0.639 bits per heavy atom. The number of carbonyl (C=O) groups is 4. The molecule has 2 N–H and O–H groups in total. The zero-order valence-electron chi connectivity index (χ0n) is 18.9. The zero-order valence-corrected chi connectivity index (χ0v) is 18.9. The van der Waals surface area contributed by atoms with Crippen LogP contribution in [0.3, 0.4) is 0 Å². The third-order valence-electron chi connectivity index (χ3n) is 5.79. The highest BCUT2D eigenvalue weighted by molar-refractivity contribution is 6.06. The number of nitro groups is 2. The first-order chi connectivity index (χ1) is 17.1. The van der Waals surface area contributed by atoms with E-state index in [0.29, 0.717) is 0 Å². The Morgan fingerprint density at radius 3 is 1.19 bits per heavy atom. The summed E-state index contributed by atoms with van der Waals surface area (Å²) in [5.41, 5.74) is -0.0905. The first-order valence-electron chi connectivity index (χ1n) is 10.3. The van der Waals surface area contributed by atoms with Crippen molar-refractivity contribution in [1.82, 2.24) is 0 Å². The van der Waals surface area contributed by atoms with Gasteiger partial charge in [0.25, 0.3) is 11.4 Å². The normalized spacial score (nSPS) is 20.3. The predicted molar refractivity (Wildman–Crippen MR) is 121 cm³/mol. The highest BCUT2D eigenvalue weighted by Crippen LogP contribution is 2.48. The summed E-state index contributed by atoms with van der Waals surface area (Å²) in [6.45, 7) is 0. The summed E-state index contributed by atoms with van der Waals surface area (Å²) >= 11 is 0. The van der Waals surface area contributed by atoms with Crippen molar-refractivity contribution in [2.75, 3.05) is 24.9 Å². The maximum Gasteiger partial charge on any atom is 0.310 e. The third kappa shape index (κ3) is 5.11. The Hall–Kier alpha value is -4.88. The Balaban J connectivity index is 1.86. The largest absolute Gasteiger partial charge is 0.469 e. The monoisotopic (exact) mass is 500 g/mol. The van der Waals surface area contributed by atoms with Crippen molar-refractivity contribution in [3.05, 3.63) is 68.8 Å². The minimum atomic E-state index is -1.35. The molecule has 36 heavy (non-hydrogen) atoms. The lowest BCUT2D eigenvalue weighted by atomic mass is 9.55. The fourth-order valence-electron chi connectivity index (χ4n) is 4.04. The number of benzene rings is 2. The Kier molecular flexibility index (Phi) is 7.57. The highest BCUT2D eigenvalue weighted by Gasteiger charge is 2.64. The molecule has 3 rings (SSSR count). The second-order valence-corrected chi connectivity index (χ2v) is 7.74. The van der Waals surface area contributed by atoms with E-state index in [0.717, 1.165) is 38.5 Å². The summed E-state index contributed by atoms with van der Waals surface area (Å²) < 4.78 is 9.52. The molecule has 0 heterocycles. The SMILES string of the molecule is COC(=O)C1C(C(=O)Nc2ccc([N+](=O)[O-])cc2)C(C(=O)OC)C1C(=O)Nc1ccc([N+](=O)[O-])cc1. The molecule has 0 spiro atoms. The molecule has 0 radical (unpaired) electrons. The van der Waals surface area contributed by atoms with E-state index in [1.54, 1.807) is 0 Å². The first kappa shape index (κ1) is 25.7. The summed E-state index contributed by atoms with van der Waals surface area (Å²) in [5, 5.41) is 26.6. The summed E-state index contributed by atoms with van der Waals surface area (Å²) in [7, 11) is 2.12. The van der Waals surface area contributed by atoms with E-state index in [1.165, 1.54) is 24.3 Å². The lowest BCUT2D eigenvalue weighted by Crippen LogP contribution is -2.62. The number of nitrogens with zero attached hydrogens (tertiary/aromatic N) is 2. The van der Waals surface area contributed by atoms with Crippen LogP contribution in [0.5, 0.6) is 0 Å². The number of esters is 2. The van der Waals surface area contributed by atoms with Crippen LogP contribution < -0.4 is 10.6 Å². The van der Waals surface area contributed by atoms with E-state index < -0.39 is 57.3 Å². The number of non-ortho nitro benzene ring substituents is 2. The summed E-state index contributed by atoms with van der Waals surface area (Å²) in [4.78, 5) is 71.6. The Bertz CT molecular complexity index is 1110. The predicted octanol–water partition coefficient (Wildman–Crippen LogP) is 1.90. The molecular formula is C22H20N4O10. The van der Waals surface area contributed by atoms with E-state index >= 15 is 0 Å². The van der Waals surface area contributed by atoms with Gasteiger partial charge >= 0.3 is 11.9 Å². The van der Waals surface area contributed by atoms with Gasteiger partial charge in [0.1, 0.15) is 0 Å². The molecule has 0 aromatic heterocycles. The molecular weight excluding hydrogens is 480 g/mol. The number of nitro benzene ring substituents is 2. The van der Waals surface area contributed by atoms with Crippen molar-refractivity contribution in [2.45, 2.75) is 0 Å². The number of rotatable bonds is 8. The maximum atomic E-state index is 13.0. The van der Waals surface area contributed by atoms with E-state index in [4.69, 9.17) is 9.47 Å². The van der Waals surface area contributed by atoms with Gasteiger partial charge in [-0.2, -0.15) is 0 Å². The van der Waals surface area contributed by atoms with Gasteiger partial charge in [0, 0.05) is 35.6 Å². The van der Waals surface area contributed by atoms with Gasteiger partial charge in [-0.25, -0.2) is 0 Å². The number of carbonyl (C=O) groups excluding carboxylic acids is 4. The molecule has 2 amide bonds. The third-order valence-corrected chi connectivity index (χ3v) is 5.79. The summed E-state index contributed by atoms with van der Waals surface area (Å²) in [5.74, 6) is -8.81.